The number of nitrogens with zero attached hydrogens (tertiary/aromatic N) is 2. The molecule has 0 aromatic heterocycles. The van der Waals surface area contributed by atoms with Gasteiger partial charge in [-0.2, -0.15) is 11.8 Å². The molecule has 2 heterocycles. The first kappa shape index (κ1) is 22.3. The predicted octanol–water partition coefficient (Wildman–Crippen LogP) is 2.15. The van der Waals surface area contributed by atoms with E-state index in [1.807, 2.05) is 6.26 Å². The zero-order chi connectivity index (χ0) is 22.0. The number of carboxylic acid groups (broad SMARTS) is 2. The summed E-state index contributed by atoms with van der Waals surface area (Å²) in [6.07, 6.45) is 3.54. The number of thioether (sulfide) groups is 2. The molecule has 1 aromatic carbocycles. The number of fused-ring (bicyclic) bond motifs is 1. The van der Waals surface area contributed by atoms with E-state index in [0.29, 0.717) is 17.0 Å². The van der Waals surface area contributed by atoms with Crippen LogP contribution in [0.3, 0.4) is 0 Å². The van der Waals surface area contributed by atoms with Gasteiger partial charge < -0.3 is 15.1 Å². The van der Waals surface area contributed by atoms with Crippen molar-refractivity contribution >= 4 is 69.5 Å². The Bertz CT molecular complexity index is 963. The Morgan fingerprint density at radius 3 is 2.63 bits per heavy atom. The van der Waals surface area contributed by atoms with Gasteiger partial charge in [0.05, 0.1) is 10.8 Å². The molecule has 158 valence electrons. The smallest absolute Gasteiger partial charge is 0.326 e. The number of rotatable bonds is 8. The Labute approximate surface area is 186 Å². The number of hydrogen-bond acceptors (Lipinski definition) is 7. The molecule has 30 heavy (non-hydrogen) atoms. The highest BCUT2D eigenvalue weighted by Crippen LogP contribution is 2.41. The molecule has 1 aromatic rings. The molecule has 11 heteroatoms. The van der Waals surface area contributed by atoms with E-state index in [1.54, 1.807) is 24.3 Å². The quantitative estimate of drug-likeness (QED) is 0.439. The number of aliphatic carboxylic acids is 2. The summed E-state index contributed by atoms with van der Waals surface area (Å²) in [5.74, 6) is -3.60. The van der Waals surface area contributed by atoms with Gasteiger partial charge in [-0.25, -0.2) is 4.79 Å². The Kier molecular flexibility index (Phi) is 6.84. The van der Waals surface area contributed by atoms with Crippen molar-refractivity contribution in [2.45, 2.75) is 18.4 Å². The van der Waals surface area contributed by atoms with Gasteiger partial charge in [0.15, 0.2) is 0 Å². The molecule has 2 amide bonds. The summed E-state index contributed by atoms with van der Waals surface area (Å²) in [6, 6.07) is 5.70. The van der Waals surface area contributed by atoms with Crippen molar-refractivity contribution in [1.82, 2.24) is 4.90 Å². The van der Waals surface area contributed by atoms with E-state index in [2.05, 4.69) is 0 Å². The maximum absolute atomic E-state index is 13.0. The first-order valence-corrected chi connectivity index (χ1v) is 11.5. The van der Waals surface area contributed by atoms with Gasteiger partial charge in [0, 0.05) is 5.69 Å². The van der Waals surface area contributed by atoms with E-state index in [4.69, 9.17) is 17.3 Å². The third kappa shape index (κ3) is 4.23. The first-order valence-electron chi connectivity index (χ1n) is 8.87. The minimum absolute atomic E-state index is 0.126. The summed E-state index contributed by atoms with van der Waals surface area (Å²) in [7, 11) is 0. The number of benzene rings is 1. The maximum atomic E-state index is 13.0. The SMILES string of the molecule is CSCC[C@H](C(=O)O)N1C(=O)/C(=C/[C@@H]2C(=O)N(CC(=O)O)c3ccccc32)SC1=S. The van der Waals surface area contributed by atoms with E-state index in [-0.39, 0.29) is 15.6 Å². The minimum Gasteiger partial charge on any atom is -0.480 e. The van der Waals surface area contributed by atoms with Gasteiger partial charge in [-0.05, 0) is 36.1 Å². The lowest BCUT2D eigenvalue weighted by atomic mass is 10.00. The number of para-hydroxylation sites is 1. The summed E-state index contributed by atoms with van der Waals surface area (Å²) in [6.45, 7) is -0.489. The van der Waals surface area contributed by atoms with Crippen molar-refractivity contribution in [2.75, 3.05) is 23.5 Å². The standard InChI is InChI=1S/C19H18N2O6S3/c1-29-7-6-13(18(26)27)21-17(25)14(30-19(21)28)8-11-10-4-2-3-5-12(10)20(16(11)24)9-15(22)23/h2-5,8,11,13H,6-7,9H2,1H3,(H,22,23)(H,26,27)/b14-8-/t11-,13+/m0/s1. The van der Waals surface area contributed by atoms with Gasteiger partial charge in [-0.1, -0.05) is 42.2 Å². The largest absolute Gasteiger partial charge is 0.480 e. The van der Waals surface area contributed by atoms with Crippen molar-refractivity contribution in [3.8, 4) is 0 Å². The molecular formula is C19H18N2O6S3. The Morgan fingerprint density at radius 2 is 2.00 bits per heavy atom. The third-order valence-electron chi connectivity index (χ3n) is 4.72. The summed E-state index contributed by atoms with van der Waals surface area (Å²) >= 11 is 7.67. The van der Waals surface area contributed by atoms with Crippen molar-refractivity contribution in [3.63, 3.8) is 0 Å². The normalized spacial score (nSPS) is 20.8. The Hall–Kier alpha value is -2.37. The molecule has 8 nitrogen and oxygen atoms in total. The maximum Gasteiger partial charge on any atom is 0.326 e. The molecule has 1 fully saturated rings. The first-order chi connectivity index (χ1) is 14.3. The summed E-state index contributed by atoms with van der Waals surface area (Å²) < 4.78 is 0.126. The fourth-order valence-electron chi connectivity index (χ4n) is 3.38. The van der Waals surface area contributed by atoms with Crippen LogP contribution in [0.25, 0.3) is 0 Å². The van der Waals surface area contributed by atoms with Crippen LogP contribution in [0.1, 0.15) is 17.9 Å². The Morgan fingerprint density at radius 1 is 1.30 bits per heavy atom. The zero-order valence-electron chi connectivity index (χ0n) is 15.8. The predicted molar refractivity (Wildman–Crippen MR) is 119 cm³/mol. The van der Waals surface area contributed by atoms with Crippen LogP contribution in [0.5, 0.6) is 0 Å². The molecular weight excluding hydrogens is 448 g/mol. The van der Waals surface area contributed by atoms with Gasteiger partial charge >= 0.3 is 11.9 Å². The number of carbonyl (C=O) groups is 4. The fraction of sp³-hybridized carbons (Fsp3) is 0.316. The van der Waals surface area contributed by atoms with Crippen molar-refractivity contribution in [3.05, 3.63) is 40.8 Å². The highest BCUT2D eigenvalue weighted by molar-refractivity contribution is 8.26. The summed E-state index contributed by atoms with van der Waals surface area (Å²) in [5, 5.41) is 18.7. The molecule has 3 rings (SSSR count). The van der Waals surface area contributed by atoms with Gasteiger partial charge in [-0.15, -0.1) is 0 Å². The lowest BCUT2D eigenvalue weighted by molar-refractivity contribution is -0.145. The fourth-order valence-corrected chi connectivity index (χ4v) is 5.21. The van der Waals surface area contributed by atoms with E-state index in [1.165, 1.54) is 17.8 Å². The lowest BCUT2D eigenvalue weighted by Crippen LogP contribution is -2.44. The molecule has 0 bridgehead atoms. The minimum atomic E-state index is -1.15. The molecule has 0 spiro atoms. The zero-order valence-corrected chi connectivity index (χ0v) is 18.3. The molecule has 2 N–H and O–H groups in total. The second-order valence-corrected chi connectivity index (χ2v) is 9.23. The second-order valence-electron chi connectivity index (χ2n) is 6.56. The van der Waals surface area contributed by atoms with E-state index in [9.17, 15) is 24.3 Å². The van der Waals surface area contributed by atoms with Crippen molar-refractivity contribution < 1.29 is 29.4 Å². The van der Waals surface area contributed by atoms with E-state index in [0.717, 1.165) is 21.6 Å². The van der Waals surface area contributed by atoms with Crippen molar-refractivity contribution in [1.29, 1.82) is 0 Å². The number of amides is 2. The average Bonchev–Trinajstić information content (AvgIpc) is 3.11. The molecule has 2 aliphatic rings. The topological polar surface area (TPSA) is 115 Å². The molecule has 2 aliphatic heterocycles. The molecule has 0 radical (unpaired) electrons. The molecule has 0 unspecified atom stereocenters. The van der Waals surface area contributed by atoms with Gasteiger partial charge in [0.1, 0.15) is 16.9 Å². The lowest BCUT2D eigenvalue weighted by Gasteiger charge is -2.22. The summed E-state index contributed by atoms with van der Waals surface area (Å²) in [5.41, 5.74) is 1.07. The van der Waals surface area contributed by atoms with Crippen LogP contribution in [-0.2, 0) is 19.2 Å². The Balaban J connectivity index is 1.92. The van der Waals surface area contributed by atoms with Gasteiger partial charge in [-0.3, -0.25) is 19.3 Å². The molecule has 0 saturated carbocycles. The van der Waals surface area contributed by atoms with Crippen LogP contribution >= 0.6 is 35.7 Å². The van der Waals surface area contributed by atoms with Crippen LogP contribution in [0, 0.1) is 0 Å². The van der Waals surface area contributed by atoms with Crippen LogP contribution in [-0.4, -0.2) is 67.8 Å². The summed E-state index contributed by atoms with van der Waals surface area (Å²) in [4.78, 5) is 51.1. The molecule has 1 saturated heterocycles. The van der Waals surface area contributed by atoms with Crippen LogP contribution in [0.2, 0.25) is 0 Å². The van der Waals surface area contributed by atoms with Crippen LogP contribution < -0.4 is 4.90 Å². The number of carbonyl (C=O) groups excluding carboxylic acids is 2. The highest BCUT2D eigenvalue weighted by atomic mass is 32.2. The van der Waals surface area contributed by atoms with Gasteiger partial charge in [0.25, 0.3) is 5.91 Å². The van der Waals surface area contributed by atoms with Gasteiger partial charge in [0.2, 0.25) is 5.91 Å². The number of anilines is 1. The number of hydrogen-bond donors (Lipinski definition) is 2. The average molecular weight is 467 g/mol. The van der Waals surface area contributed by atoms with Crippen molar-refractivity contribution in [2.24, 2.45) is 0 Å². The van der Waals surface area contributed by atoms with E-state index < -0.39 is 42.3 Å². The molecule has 0 aliphatic carbocycles. The van der Waals surface area contributed by atoms with Crippen LogP contribution in [0.15, 0.2) is 35.2 Å². The second kappa shape index (κ2) is 9.19. The highest BCUT2D eigenvalue weighted by Gasteiger charge is 2.43. The monoisotopic (exact) mass is 466 g/mol. The molecule has 2 atom stereocenters. The van der Waals surface area contributed by atoms with Crippen LogP contribution in [0.4, 0.5) is 5.69 Å². The number of thiocarbonyl (C=S) groups is 1. The third-order valence-corrected chi connectivity index (χ3v) is 6.71. The van der Waals surface area contributed by atoms with E-state index >= 15 is 0 Å². The number of carboxylic acids is 2.